The fourth-order valence-electron chi connectivity index (χ4n) is 2.01. The number of methoxy groups -OCH3 is 2. The quantitative estimate of drug-likeness (QED) is 0.404. The summed E-state index contributed by atoms with van der Waals surface area (Å²) in [4.78, 5) is 14.6. The van der Waals surface area contributed by atoms with Gasteiger partial charge in [0.1, 0.15) is 5.75 Å². The van der Waals surface area contributed by atoms with Crippen molar-refractivity contribution < 1.29 is 23.5 Å². The van der Waals surface area contributed by atoms with E-state index in [0.29, 0.717) is 24.9 Å². The Labute approximate surface area is 154 Å². The first-order chi connectivity index (χ1) is 12.5. The zero-order valence-corrected chi connectivity index (χ0v) is 15.8. The van der Waals surface area contributed by atoms with E-state index in [2.05, 4.69) is 16.7 Å². The summed E-state index contributed by atoms with van der Waals surface area (Å²) >= 11 is 0. The molecule has 0 aliphatic carbocycles. The van der Waals surface area contributed by atoms with Crippen LogP contribution in [0.2, 0.25) is 0 Å². The number of benzene rings is 1. The summed E-state index contributed by atoms with van der Waals surface area (Å²) in [7, 11) is 3.30. The van der Waals surface area contributed by atoms with Crippen molar-refractivity contribution in [3.63, 3.8) is 0 Å². The van der Waals surface area contributed by atoms with Gasteiger partial charge in [0.2, 0.25) is 11.7 Å². The summed E-state index contributed by atoms with van der Waals surface area (Å²) in [6.07, 6.45) is 2.92. The average molecular weight is 362 g/mol. The highest BCUT2D eigenvalue weighted by atomic mass is 16.5. The monoisotopic (exact) mass is 362 g/mol. The van der Waals surface area contributed by atoms with Gasteiger partial charge in [-0.1, -0.05) is 11.7 Å². The Morgan fingerprint density at radius 3 is 2.50 bits per heavy atom. The molecule has 142 valence electrons. The van der Waals surface area contributed by atoms with Crippen molar-refractivity contribution in [1.82, 2.24) is 10.1 Å². The van der Waals surface area contributed by atoms with Crippen LogP contribution in [0, 0.1) is 13.8 Å². The van der Waals surface area contributed by atoms with Crippen LogP contribution >= 0.6 is 0 Å². The summed E-state index contributed by atoms with van der Waals surface area (Å²) < 4.78 is 19.6. The fraction of sp³-hybridized carbons (Fsp3) is 0.421. The molecule has 7 nitrogen and oxygen atoms in total. The molecule has 0 aliphatic rings. The summed E-state index contributed by atoms with van der Waals surface area (Å²) in [6.45, 7) is 8.20. The van der Waals surface area contributed by atoms with Gasteiger partial charge in [-0.3, -0.25) is 0 Å². The topological polar surface area (TPSA) is 83.7 Å². The molecule has 0 unspecified atom stereocenters. The number of hydrogen-bond donors (Lipinski definition) is 0. The van der Waals surface area contributed by atoms with Crippen LogP contribution in [-0.2, 0) is 14.3 Å². The third-order valence-corrected chi connectivity index (χ3v) is 3.33. The molecule has 0 amide bonds. The van der Waals surface area contributed by atoms with Crippen molar-refractivity contribution in [2.45, 2.75) is 26.7 Å². The van der Waals surface area contributed by atoms with Gasteiger partial charge in [-0.05, 0) is 43.5 Å². The molecule has 7 heteroatoms. The minimum atomic E-state index is -0.359. The lowest BCUT2D eigenvalue weighted by Gasteiger charge is -2.04. The summed E-state index contributed by atoms with van der Waals surface area (Å²) in [5, 5.41) is 3.86. The van der Waals surface area contributed by atoms with E-state index in [4.69, 9.17) is 18.7 Å². The maximum Gasteiger partial charge on any atom is 0.330 e. The highest BCUT2D eigenvalue weighted by Crippen LogP contribution is 2.23. The molecular formula is C19H26N2O5. The van der Waals surface area contributed by atoms with Gasteiger partial charge in [-0.25, -0.2) is 4.79 Å². The van der Waals surface area contributed by atoms with E-state index in [0.717, 1.165) is 35.8 Å². The third kappa shape index (κ3) is 7.48. The second kappa shape index (κ2) is 11.8. The second-order valence-electron chi connectivity index (χ2n) is 5.39. The van der Waals surface area contributed by atoms with Gasteiger partial charge in [-0.15, -0.1) is 0 Å². The van der Waals surface area contributed by atoms with Crippen LogP contribution in [0.4, 0.5) is 0 Å². The van der Waals surface area contributed by atoms with Gasteiger partial charge < -0.3 is 18.7 Å². The van der Waals surface area contributed by atoms with E-state index in [-0.39, 0.29) is 5.97 Å². The van der Waals surface area contributed by atoms with Gasteiger partial charge in [0.05, 0.1) is 13.7 Å². The van der Waals surface area contributed by atoms with E-state index in [1.54, 1.807) is 21.1 Å². The lowest BCUT2D eigenvalue weighted by Crippen LogP contribution is -2.02. The van der Waals surface area contributed by atoms with E-state index in [1.807, 2.05) is 25.1 Å². The summed E-state index contributed by atoms with van der Waals surface area (Å²) in [6, 6.07) is 5.79. The van der Waals surface area contributed by atoms with Gasteiger partial charge in [0, 0.05) is 32.3 Å². The maximum absolute atomic E-state index is 10.5. The van der Waals surface area contributed by atoms with Gasteiger partial charge in [0.25, 0.3) is 0 Å². The predicted octanol–water partition coefficient (Wildman–Crippen LogP) is 3.50. The smallest absolute Gasteiger partial charge is 0.330 e. The van der Waals surface area contributed by atoms with Crippen molar-refractivity contribution in [1.29, 1.82) is 0 Å². The van der Waals surface area contributed by atoms with Crippen LogP contribution in [0.1, 0.15) is 24.3 Å². The molecule has 0 spiro atoms. The Balaban J connectivity index is 0.000000276. The number of aromatic nitrogens is 2. The van der Waals surface area contributed by atoms with E-state index < -0.39 is 0 Å². The minimum Gasteiger partial charge on any atom is -0.496 e. The number of esters is 1. The highest BCUT2D eigenvalue weighted by Gasteiger charge is 2.07. The molecule has 1 aromatic carbocycles. The van der Waals surface area contributed by atoms with Crippen molar-refractivity contribution in [3.05, 3.63) is 42.3 Å². The molecule has 0 radical (unpaired) electrons. The lowest BCUT2D eigenvalue weighted by atomic mass is 10.1. The van der Waals surface area contributed by atoms with Crippen LogP contribution in [0.3, 0.4) is 0 Å². The normalized spacial score (nSPS) is 9.85. The zero-order valence-electron chi connectivity index (χ0n) is 15.8. The number of rotatable bonds is 8. The SMILES string of the molecule is C=CC(=O)OCCCCOC.COc1ccc(-c2noc(C)n2)cc1C. The molecule has 1 heterocycles. The number of carbonyl (C=O) groups is 1. The third-order valence-electron chi connectivity index (χ3n) is 3.33. The first kappa shape index (κ1) is 21.4. The molecule has 2 rings (SSSR count). The number of ether oxygens (including phenoxy) is 3. The van der Waals surface area contributed by atoms with Crippen LogP contribution in [0.15, 0.2) is 35.4 Å². The predicted molar refractivity (Wildman–Crippen MR) is 98.0 cm³/mol. The van der Waals surface area contributed by atoms with Crippen molar-refractivity contribution in [2.75, 3.05) is 27.4 Å². The van der Waals surface area contributed by atoms with Crippen LogP contribution in [0.5, 0.6) is 5.75 Å². The molecule has 0 saturated heterocycles. The Kier molecular flexibility index (Phi) is 9.71. The van der Waals surface area contributed by atoms with E-state index in [9.17, 15) is 4.79 Å². The molecule has 0 saturated carbocycles. The van der Waals surface area contributed by atoms with E-state index in [1.165, 1.54) is 0 Å². The zero-order chi connectivity index (χ0) is 19.4. The maximum atomic E-state index is 10.5. The summed E-state index contributed by atoms with van der Waals surface area (Å²) in [5.41, 5.74) is 1.99. The van der Waals surface area contributed by atoms with Crippen molar-refractivity contribution in [2.24, 2.45) is 0 Å². The Morgan fingerprint density at radius 2 is 1.96 bits per heavy atom. The van der Waals surface area contributed by atoms with Crippen LogP contribution < -0.4 is 4.74 Å². The number of carbonyl (C=O) groups excluding carboxylic acids is 1. The molecule has 26 heavy (non-hydrogen) atoms. The molecule has 0 fully saturated rings. The number of aryl methyl sites for hydroxylation is 2. The molecule has 0 bridgehead atoms. The number of unbranched alkanes of at least 4 members (excludes halogenated alkanes) is 1. The van der Waals surface area contributed by atoms with Gasteiger partial charge >= 0.3 is 5.97 Å². The van der Waals surface area contributed by atoms with Gasteiger partial charge in [-0.2, -0.15) is 4.98 Å². The molecule has 0 atom stereocenters. The molecule has 0 aliphatic heterocycles. The number of hydrogen-bond acceptors (Lipinski definition) is 7. The highest BCUT2D eigenvalue weighted by molar-refractivity contribution is 5.81. The van der Waals surface area contributed by atoms with Gasteiger partial charge in [0.15, 0.2) is 0 Å². The first-order valence-electron chi connectivity index (χ1n) is 8.25. The Bertz CT molecular complexity index is 697. The first-order valence-corrected chi connectivity index (χ1v) is 8.25. The largest absolute Gasteiger partial charge is 0.496 e. The Hall–Kier alpha value is -2.67. The number of nitrogens with zero attached hydrogens (tertiary/aromatic N) is 2. The Morgan fingerprint density at radius 1 is 1.23 bits per heavy atom. The van der Waals surface area contributed by atoms with Crippen molar-refractivity contribution in [3.8, 4) is 17.1 Å². The second-order valence-corrected chi connectivity index (χ2v) is 5.39. The fourth-order valence-corrected chi connectivity index (χ4v) is 2.01. The minimum absolute atomic E-state index is 0.359. The average Bonchev–Trinajstić information content (AvgIpc) is 3.08. The van der Waals surface area contributed by atoms with Crippen molar-refractivity contribution >= 4 is 5.97 Å². The van der Waals surface area contributed by atoms with E-state index >= 15 is 0 Å². The standard InChI is InChI=1S/C11H12N2O2.C8H14O3/c1-7-6-9(4-5-10(7)14-3)11-12-8(2)15-13-11;1-3-8(9)11-7-5-4-6-10-2/h4-6H,1-3H3;3H,1,4-7H2,2H3. The molecule has 2 aromatic rings. The van der Waals surface area contributed by atoms with Crippen LogP contribution in [0.25, 0.3) is 11.4 Å². The lowest BCUT2D eigenvalue weighted by molar-refractivity contribution is -0.137. The summed E-state index contributed by atoms with van der Waals surface area (Å²) in [5.74, 6) is 1.68. The molecule has 0 N–H and O–H groups in total. The molecular weight excluding hydrogens is 336 g/mol. The van der Waals surface area contributed by atoms with Crippen LogP contribution in [-0.4, -0.2) is 43.5 Å². The molecule has 1 aromatic heterocycles.